The fourth-order valence-electron chi connectivity index (χ4n) is 10.0. The van der Waals surface area contributed by atoms with E-state index in [4.69, 9.17) is 42.6 Å². The maximum Gasteiger partial charge on any atom is 0.343 e. The first-order chi connectivity index (χ1) is 49.7. The summed E-state index contributed by atoms with van der Waals surface area (Å²) in [7, 11) is 0. The van der Waals surface area contributed by atoms with E-state index in [1.165, 1.54) is 175 Å². The maximum absolute atomic E-state index is 14.4. The fourth-order valence-corrected chi connectivity index (χ4v) is 10.0. The molecule has 22 heteroatoms. The molecule has 0 aromatic heterocycles. The first-order valence-electron chi connectivity index (χ1n) is 35.9. The SMILES string of the molecule is CCCCCCCCCCC(=O)Oc1ccc(C(=O)Oc2ccc(C(=O)OCC)c(F)c2)cc1.CCCCCCCCCCC(=O)Oc1ccc(C(=O)Oc2ccc(C(=O)OCC)cc2F)cc1.CCCCCCCCCCC(=O)Oc1ccc(C(=O)Oc2ccc(C(=O)OCC)cc2F)cc1F. The molecule has 0 spiro atoms. The van der Waals surface area contributed by atoms with Crippen LogP contribution in [0.1, 0.15) is 277 Å². The molecule has 103 heavy (non-hydrogen) atoms. The van der Waals surface area contributed by atoms with Gasteiger partial charge >= 0.3 is 53.7 Å². The number of benzene rings is 6. The highest BCUT2D eigenvalue weighted by atomic mass is 19.1. The molecule has 6 aromatic rings. The smallest absolute Gasteiger partial charge is 0.343 e. The summed E-state index contributed by atoms with van der Waals surface area (Å²) in [6, 6.07) is 25.2. The zero-order valence-electron chi connectivity index (χ0n) is 60.1. The summed E-state index contributed by atoms with van der Waals surface area (Å²) in [5, 5.41) is 0. The van der Waals surface area contributed by atoms with Crippen LogP contribution in [0.3, 0.4) is 0 Å². The number of ether oxygens (including phenoxy) is 9. The van der Waals surface area contributed by atoms with E-state index in [9.17, 15) is 60.7 Å². The van der Waals surface area contributed by atoms with Gasteiger partial charge in [-0.05, 0) is 155 Å². The third-order valence-electron chi connectivity index (χ3n) is 15.7. The maximum atomic E-state index is 14.4. The average molecular weight is 1440 g/mol. The number of rotatable bonds is 42. The van der Waals surface area contributed by atoms with Crippen molar-refractivity contribution in [2.45, 2.75) is 215 Å². The van der Waals surface area contributed by atoms with Gasteiger partial charge < -0.3 is 42.6 Å². The molecule has 18 nitrogen and oxygen atoms in total. The number of esters is 9. The van der Waals surface area contributed by atoms with Crippen LogP contribution in [0.2, 0.25) is 0 Å². The lowest BCUT2D eigenvalue weighted by molar-refractivity contribution is -0.135. The van der Waals surface area contributed by atoms with E-state index < -0.39 is 70.8 Å². The average Bonchev–Trinajstić information content (AvgIpc) is 0.840. The van der Waals surface area contributed by atoms with Crippen LogP contribution in [0.4, 0.5) is 17.6 Å². The van der Waals surface area contributed by atoms with Gasteiger partial charge in [-0.15, -0.1) is 0 Å². The van der Waals surface area contributed by atoms with Crippen LogP contribution in [-0.4, -0.2) is 73.5 Å². The predicted molar refractivity (Wildman–Crippen MR) is 380 cm³/mol. The third-order valence-corrected chi connectivity index (χ3v) is 15.7. The van der Waals surface area contributed by atoms with Crippen molar-refractivity contribution < 1.29 is 103 Å². The Kier molecular flexibility index (Phi) is 41.4. The molecule has 0 fully saturated rings. The molecule has 0 aliphatic rings. The number of unbranched alkanes of at least 4 members (excludes halogenated alkanes) is 21. The largest absolute Gasteiger partial charge is 0.462 e. The van der Waals surface area contributed by atoms with Gasteiger partial charge in [0.2, 0.25) is 0 Å². The second kappa shape index (κ2) is 49.8. The van der Waals surface area contributed by atoms with Gasteiger partial charge in [-0.1, -0.05) is 156 Å². The monoisotopic (exact) mass is 1430 g/mol. The van der Waals surface area contributed by atoms with Crippen LogP contribution < -0.4 is 28.4 Å². The van der Waals surface area contributed by atoms with Crippen molar-refractivity contribution in [1.82, 2.24) is 0 Å². The summed E-state index contributed by atoms with van der Waals surface area (Å²) in [6.45, 7) is 11.9. The zero-order chi connectivity index (χ0) is 75.2. The van der Waals surface area contributed by atoms with Crippen LogP contribution in [0, 0.1) is 23.3 Å². The molecule has 0 aliphatic heterocycles. The van der Waals surface area contributed by atoms with E-state index in [-0.39, 0.29) is 88.8 Å². The van der Waals surface area contributed by atoms with Gasteiger partial charge in [0.05, 0.1) is 53.2 Å². The van der Waals surface area contributed by atoms with Gasteiger partial charge in [0, 0.05) is 25.3 Å². The minimum atomic E-state index is -1.01. The van der Waals surface area contributed by atoms with Gasteiger partial charge in [-0.2, -0.15) is 0 Å². The Morgan fingerprint density at radius 1 is 0.252 bits per heavy atom. The number of hydrogen-bond donors (Lipinski definition) is 0. The Balaban J connectivity index is 0.000000327. The van der Waals surface area contributed by atoms with E-state index in [2.05, 4.69) is 20.8 Å². The highest BCUT2D eigenvalue weighted by Crippen LogP contribution is 2.27. The molecule has 0 aliphatic carbocycles. The molecule has 6 rings (SSSR count). The molecule has 6 aromatic carbocycles. The molecule has 558 valence electrons. The van der Waals surface area contributed by atoms with Crippen molar-refractivity contribution in [2.75, 3.05) is 19.8 Å². The summed E-state index contributed by atoms with van der Waals surface area (Å²) in [4.78, 5) is 108. The second-order valence-electron chi connectivity index (χ2n) is 24.1. The highest BCUT2D eigenvalue weighted by Gasteiger charge is 2.21. The van der Waals surface area contributed by atoms with Crippen molar-refractivity contribution in [3.63, 3.8) is 0 Å². The second-order valence-corrected chi connectivity index (χ2v) is 24.1. The minimum Gasteiger partial charge on any atom is -0.462 e. The molecule has 0 heterocycles. The first kappa shape index (κ1) is 85.7. The molecule has 0 saturated carbocycles. The summed E-state index contributed by atoms with van der Waals surface area (Å²) >= 11 is 0. The van der Waals surface area contributed by atoms with Crippen LogP contribution in [-0.2, 0) is 28.6 Å². The zero-order valence-corrected chi connectivity index (χ0v) is 60.1. The topological polar surface area (TPSA) is 237 Å². The Labute approximate surface area is 601 Å². The van der Waals surface area contributed by atoms with Crippen LogP contribution in [0.25, 0.3) is 0 Å². The number of hydrogen-bond acceptors (Lipinski definition) is 18. The van der Waals surface area contributed by atoms with Gasteiger partial charge in [-0.25, -0.2) is 46.3 Å². The van der Waals surface area contributed by atoms with Crippen molar-refractivity contribution in [3.05, 3.63) is 178 Å². The fraction of sp³-hybridized carbons (Fsp3) is 0.444. The van der Waals surface area contributed by atoms with Gasteiger partial charge in [0.1, 0.15) is 23.1 Å². The normalized spacial score (nSPS) is 10.6. The van der Waals surface area contributed by atoms with Crippen LogP contribution in [0.15, 0.2) is 121 Å². The molecule has 0 N–H and O–H groups in total. The summed E-state index contributed by atoms with van der Waals surface area (Å²) in [6.07, 6.45) is 27.9. The van der Waals surface area contributed by atoms with E-state index in [1.807, 2.05) is 0 Å². The highest BCUT2D eigenvalue weighted by molar-refractivity contribution is 5.94. The van der Waals surface area contributed by atoms with Crippen molar-refractivity contribution in [2.24, 2.45) is 0 Å². The molecule has 0 amide bonds. The molecular weight excluding hydrogens is 1340 g/mol. The van der Waals surface area contributed by atoms with Crippen LogP contribution >= 0.6 is 0 Å². The predicted octanol–water partition coefficient (Wildman–Crippen LogP) is 20.1. The Bertz CT molecular complexity index is 3630. The van der Waals surface area contributed by atoms with Crippen molar-refractivity contribution in [1.29, 1.82) is 0 Å². The Morgan fingerprint density at radius 3 is 0.874 bits per heavy atom. The number of carbonyl (C=O) groups excluding carboxylic acids is 9. The van der Waals surface area contributed by atoms with Gasteiger partial charge in [-0.3, -0.25) is 14.4 Å². The Hall–Kier alpha value is -9.73. The van der Waals surface area contributed by atoms with Gasteiger partial charge in [0.25, 0.3) is 0 Å². The minimum absolute atomic E-state index is 0.0253. The Morgan fingerprint density at radius 2 is 0.534 bits per heavy atom. The first-order valence-corrected chi connectivity index (χ1v) is 35.9. The van der Waals surface area contributed by atoms with E-state index in [0.29, 0.717) is 30.8 Å². The van der Waals surface area contributed by atoms with E-state index in [1.54, 1.807) is 20.8 Å². The summed E-state index contributed by atoms with van der Waals surface area (Å²) < 4.78 is 102. The summed E-state index contributed by atoms with van der Waals surface area (Å²) in [5.41, 5.74) is -0.0702. The molecule has 0 bridgehead atoms. The van der Waals surface area contributed by atoms with E-state index >= 15 is 0 Å². The quantitative estimate of drug-likeness (QED) is 0.0114. The number of carbonyl (C=O) groups is 9. The lowest BCUT2D eigenvalue weighted by Crippen LogP contribution is -2.12. The number of halogens is 4. The molecule has 0 unspecified atom stereocenters. The third kappa shape index (κ3) is 33.7. The molecule has 0 atom stereocenters. The lowest BCUT2D eigenvalue weighted by Gasteiger charge is -2.09. The molecule has 0 radical (unpaired) electrons. The van der Waals surface area contributed by atoms with E-state index in [0.717, 1.165) is 94.2 Å². The van der Waals surface area contributed by atoms with Crippen molar-refractivity contribution in [3.8, 4) is 34.5 Å². The van der Waals surface area contributed by atoms with Crippen LogP contribution in [0.5, 0.6) is 34.5 Å². The molecule has 0 saturated heterocycles. The summed E-state index contributed by atoms with van der Waals surface area (Å²) in [5.74, 6) is -9.80. The van der Waals surface area contributed by atoms with Gasteiger partial charge in [0.15, 0.2) is 34.7 Å². The molecular formula is C81H98F4O18. The standard InChI is InChI=1S/C27H32F2O6.2C27H33FO6/c1-3-5-6-7-8-9-10-11-12-25(30)34-23-15-14-20(18-21(23)28)27(32)35-24-16-13-19(17-22(24)29)26(31)33-4-2;1-3-5-6-7-8-9-10-11-12-25(29)33-22-16-13-20(14-17-22)27(31)34-24-18-15-21(19-23(24)28)26(30)32-4-2;1-3-5-6-7-8-9-10-11-12-25(29)33-21-15-13-20(14-16-21)26(30)34-22-17-18-23(24(28)19-22)27(31)32-4-2/h13-18H,3-12H2,1-2H3;2*13-19H,3-12H2,1-2H3. The van der Waals surface area contributed by atoms with Crippen molar-refractivity contribution >= 4 is 53.7 Å². The lowest BCUT2D eigenvalue weighted by atomic mass is 10.1.